The molecular formula is C18H18F2N2O2S. The van der Waals surface area contributed by atoms with Gasteiger partial charge in [-0.1, -0.05) is 30.0 Å². The van der Waals surface area contributed by atoms with Gasteiger partial charge < -0.3 is 9.64 Å². The van der Waals surface area contributed by atoms with Gasteiger partial charge in [0.15, 0.2) is 0 Å². The van der Waals surface area contributed by atoms with Crippen molar-refractivity contribution in [1.82, 2.24) is 9.88 Å². The van der Waals surface area contributed by atoms with Crippen molar-refractivity contribution in [2.75, 3.05) is 13.1 Å². The maximum absolute atomic E-state index is 12.7. The van der Waals surface area contributed by atoms with Crippen molar-refractivity contribution >= 4 is 17.7 Å². The summed E-state index contributed by atoms with van der Waals surface area (Å²) < 4.78 is 31.2. The first-order valence-corrected chi connectivity index (χ1v) is 8.84. The summed E-state index contributed by atoms with van der Waals surface area (Å²) >= 11 is 0.395. The molecule has 0 saturated carbocycles. The first kappa shape index (κ1) is 17.7. The number of alkyl halides is 2. The van der Waals surface area contributed by atoms with Crippen LogP contribution in [0.3, 0.4) is 0 Å². The van der Waals surface area contributed by atoms with E-state index < -0.39 is 5.76 Å². The Bertz CT molecular complexity index is 757. The fraction of sp³-hybridized carbons (Fsp3) is 0.333. The van der Waals surface area contributed by atoms with Gasteiger partial charge in [-0.05, 0) is 25.1 Å². The Morgan fingerprint density at radius 1 is 1.28 bits per heavy atom. The van der Waals surface area contributed by atoms with E-state index in [1.807, 2.05) is 19.1 Å². The number of halogens is 2. The molecule has 7 heteroatoms. The molecule has 2 heterocycles. The molecule has 1 aromatic carbocycles. The summed E-state index contributed by atoms with van der Waals surface area (Å²) in [5.74, 6) is -2.27. The van der Waals surface area contributed by atoms with Crippen LogP contribution in [0, 0.1) is 6.92 Å². The van der Waals surface area contributed by atoms with Crippen molar-refractivity contribution in [3.05, 3.63) is 53.7 Å². The summed E-state index contributed by atoms with van der Waals surface area (Å²) in [6.45, 7) is 2.83. The van der Waals surface area contributed by atoms with E-state index in [1.54, 1.807) is 35.2 Å². The second kappa shape index (κ2) is 7.82. The number of hydrogen-bond donors (Lipinski definition) is 0. The lowest BCUT2D eigenvalue weighted by Gasteiger charge is -2.18. The molecular weight excluding hydrogens is 346 g/mol. The Labute approximate surface area is 149 Å². The first-order valence-electron chi connectivity index (χ1n) is 7.96. The SMILES string of the molecule is Cc1cccc(O[C@H]2CCN(C(=O)c3ccccc3SC(F)F)C2)n1. The lowest BCUT2D eigenvalue weighted by molar-refractivity contribution is 0.0767. The lowest BCUT2D eigenvalue weighted by atomic mass is 10.2. The third-order valence-corrected chi connectivity index (χ3v) is 4.70. The highest BCUT2D eigenvalue weighted by atomic mass is 32.2. The van der Waals surface area contributed by atoms with Gasteiger partial charge in [0, 0.05) is 29.6 Å². The summed E-state index contributed by atoms with van der Waals surface area (Å²) in [6, 6.07) is 12.0. The number of likely N-dealkylation sites (tertiary alicyclic amines) is 1. The maximum atomic E-state index is 12.7. The molecule has 3 rings (SSSR count). The minimum absolute atomic E-state index is 0.145. The average molecular weight is 364 g/mol. The molecule has 132 valence electrons. The molecule has 4 nitrogen and oxygen atoms in total. The van der Waals surface area contributed by atoms with Crippen LogP contribution in [-0.2, 0) is 0 Å². The van der Waals surface area contributed by atoms with Crippen molar-refractivity contribution < 1.29 is 18.3 Å². The molecule has 1 saturated heterocycles. The smallest absolute Gasteiger partial charge is 0.288 e. The normalized spacial score (nSPS) is 17.1. The molecule has 0 radical (unpaired) electrons. The van der Waals surface area contributed by atoms with E-state index in [0.29, 0.717) is 47.6 Å². The zero-order valence-corrected chi connectivity index (χ0v) is 14.5. The van der Waals surface area contributed by atoms with Crippen LogP contribution in [0.25, 0.3) is 0 Å². The standard InChI is InChI=1S/C18H18F2N2O2S/c1-12-5-4-8-16(21-12)24-13-9-10-22(11-13)17(23)14-6-2-3-7-15(14)25-18(19)20/h2-8,13,18H,9-11H2,1H3/t13-/m0/s1. The van der Waals surface area contributed by atoms with Crippen molar-refractivity contribution in [3.8, 4) is 5.88 Å². The molecule has 0 N–H and O–H groups in total. The number of aromatic nitrogens is 1. The van der Waals surface area contributed by atoms with Crippen LogP contribution < -0.4 is 4.74 Å². The minimum Gasteiger partial charge on any atom is -0.472 e. The third-order valence-electron chi connectivity index (χ3n) is 3.92. The number of rotatable bonds is 5. The largest absolute Gasteiger partial charge is 0.472 e. The van der Waals surface area contributed by atoms with Crippen molar-refractivity contribution in [2.45, 2.75) is 30.1 Å². The second-order valence-corrected chi connectivity index (χ2v) is 6.80. The van der Waals surface area contributed by atoms with Crippen molar-refractivity contribution in [1.29, 1.82) is 0 Å². The molecule has 1 amide bonds. The first-order chi connectivity index (χ1) is 12.0. The monoisotopic (exact) mass is 364 g/mol. The molecule has 2 aromatic rings. The van der Waals surface area contributed by atoms with Gasteiger partial charge in [0.2, 0.25) is 5.88 Å². The molecule has 1 fully saturated rings. The van der Waals surface area contributed by atoms with E-state index in [0.717, 1.165) is 5.69 Å². The van der Waals surface area contributed by atoms with Gasteiger partial charge in [0.1, 0.15) is 6.10 Å². The van der Waals surface area contributed by atoms with E-state index in [-0.39, 0.29) is 12.0 Å². The number of ether oxygens (including phenoxy) is 1. The van der Waals surface area contributed by atoms with E-state index in [2.05, 4.69) is 4.98 Å². The number of aryl methyl sites for hydroxylation is 1. The molecule has 0 aliphatic carbocycles. The molecule has 0 spiro atoms. The fourth-order valence-electron chi connectivity index (χ4n) is 2.78. The zero-order chi connectivity index (χ0) is 17.8. The number of thioether (sulfide) groups is 1. The Kier molecular flexibility index (Phi) is 5.53. The Balaban J connectivity index is 1.67. The summed E-state index contributed by atoms with van der Waals surface area (Å²) in [7, 11) is 0. The molecule has 0 bridgehead atoms. The Morgan fingerprint density at radius 3 is 2.84 bits per heavy atom. The maximum Gasteiger partial charge on any atom is 0.288 e. The number of amides is 1. The van der Waals surface area contributed by atoms with Crippen LogP contribution in [0.1, 0.15) is 22.5 Å². The highest BCUT2D eigenvalue weighted by molar-refractivity contribution is 7.99. The van der Waals surface area contributed by atoms with Crippen LogP contribution in [0.4, 0.5) is 8.78 Å². The van der Waals surface area contributed by atoms with Crippen LogP contribution in [0.5, 0.6) is 5.88 Å². The van der Waals surface area contributed by atoms with Gasteiger partial charge in [-0.2, -0.15) is 8.78 Å². The van der Waals surface area contributed by atoms with Crippen molar-refractivity contribution in [3.63, 3.8) is 0 Å². The molecule has 1 aromatic heterocycles. The summed E-state index contributed by atoms with van der Waals surface area (Å²) in [6.07, 6.45) is 0.541. The molecule has 1 aliphatic rings. The minimum atomic E-state index is -2.56. The number of nitrogens with zero attached hydrogens (tertiary/aromatic N) is 2. The third kappa shape index (κ3) is 4.48. The Morgan fingerprint density at radius 2 is 2.08 bits per heavy atom. The summed E-state index contributed by atoms with van der Waals surface area (Å²) in [5, 5.41) is 0. The van der Waals surface area contributed by atoms with E-state index in [1.165, 1.54) is 0 Å². The predicted molar refractivity (Wildman–Crippen MR) is 92.2 cm³/mol. The van der Waals surface area contributed by atoms with E-state index in [9.17, 15) is 13.6 Å². The van der Waals surface area contributed by atoms with Gasteiger partial charge in [-0.3, -0.25) is 4.79 Å². The lowest BCUT2D eigenvalue weighted by Crippen LogP contribution is -2.31. The fourth-order valence-corrected chi connectivity index (χ4v) is 3.41. The number of benzene rings is 1. The molecule has 1 aliphatic heterocycles. The van der Waals surface area contributed by atoms with Gasteiger partial charge in [0.05, 0.1) is 12.1 Å². The van der Waals surface area contributed by atoms with Crippen LogP contribution in [0.15, 0.2) is 47.4 Å². The van der Waals surface area contributed by atoms with Gasteiger partial charge in [-0.15, -0.1) is 0 Å². The van der Waals surface area contributed by atoms with Crippen molar-refractivity contribution in [2.24, 2.45) is 0 Å². The van der Waals surface area contributed by atoms with Crippen LogP contribution in [-0.4, -0.2) is 40.7 Å². The zero-order valence-electron chi connectivity index (χ0n) is 13.7. The van der Waals surface area contributed by atoms with Gasteiger partial charge >= 0.3 is 0 Å². The van der Waals surface area contributed by atoms with Gasteiger partial charge in [0.25, 0.3) is 11.7 Å². The second-order valence-electron chi connectivity index (χ2n) is 5.77. The topological polar surface area (TPSA) is 42.4 Å². The van der Waals surface area contributed by atoms with Gasteiger partial charge in [-0.25, -0.2) is 4.98 Å². The van der Waals surface area contributed by atoms with Crippen LogP contribution >= 0.6 is 11.8 Å². The molecule has 1 atom stereocenters. The number of pyridine rings is 1. The highest BCUT2D eigenvalue weighted by Crippen LogP contribution is 2.30. The Hall–Kier alpha value is -2.15. The number of carbonyl (C=O) groups is 1. The summed E-state index contributed by atoms with van der Waals surface area (Å²) in [4.78, 5) is 18.9. The molecule has 25 heavy (non-hydrogen) atoms. The van der Waals surface area contributed by atoms with Crippen LogP contribution in [0.2, 0.25) is 0 Å². The number of carbonyl (C=O) groups excluding carboxylic acids is 1. The predicted octanol–water partition coefficient (Wildman–Crippen LogP) is 4.00. The van der Waals surface area contributed by atoms with E-state index in [4.69, 9.17) is 4.74 Å². The molecule has 0 unspecified atom stereocenters. The number of hydrogen-bond acceptors (Lipinski definition) is 4. The van der Waals surface area contributed by atoms with E-state index >= 15 is 0 Å². The highest BCUT2D eigenvalue weighted by Gasteiger charge is 2.30. The summed E-state index contributed by atoms with van der Waals surface area (Å²) in [5.41, 5.74) is 1.17. The average Bonchev–Trinajstić information content (AvgIpc) is 3.03. The quantitative estimate of drug-likeness (QED) is 0.752.